The number of amides is 4. The van der Waals surface area contributed by atoms with Crippen LogP contribution in [0.5, 0.6) is 0 Å². The van der Waals surface area contributed by atoms with Crippen LogP contribution in [0.2, 0.25) is 5.02 Å². The molecule has 0 saturated heterocycles. The van der Waals surface area contributed by atoms with Gasteiger partial charge in [0, 0.05) is 17.0 Å². The molecule has 138 valence electrons. The van der Waals surface area contributed by atoms with E-state index in [9.17, 15) is 19.2 Å². The average Bonchev–Trinajstić information content (AvgIpc) is 2.94. The van der Waals surface area contributed by atoms with Gasteiger partial charge in [0.25, 0.3) is 5.91 Å². The number of nitrogens with one attached hydrogen (secondary N) is 1. The maximum Gasteiger partial charge on any atom is 0.335 e. The van der Waals surface area contributed by atoms with Gasteiger partial charge in [-0.2, -0.15) is 0 Å². The summed E-state index contributed by atoms with van der Waals surface area (Å²) >= 11 is 5.79. The zero-order valence-corrected chi connectivity index (χ0v) is 15.3. The Bertz CT molecular complexity index is 924. The van der Waals surface area contributed by atoms with Crippen LogP contribution < -0.4 is 10.2 Å². The van der Waals surface area contributed by atoms with Crippen molar-refractivity contribution >= 4 is 40.9 Å². The molecule has 4 amide bonds. The molecular weight excluding hydrogens is 368 g/mol. The largest absolute Gasteiger partial charge is 0.335 e. The fourth-order valence-corrected chi connectivity index (χ4v) is 3.18. The molecule has 1 aliphatic heterocycles. The first-order valence-corrected chi connectivity index (χ1v) is 8.88. The summed E-state index contributed by atoms with van der Waals surface area (Å²) in [5.74, 6) is -2.56. The van der Waals surface area contributed by atoms with Crippen molar-refractivity contribution in [3.8, 4) is 0 Å². The van der Waals surface area contributed by atoms with Crippen LogP contribution in [0.1, 0.15) is 41.6 Å². The topological polar surface area (TPSA) is 83.6 Å². The monoisotopic (exact) mass is 384 g/mol. The molecule has 0 radical (unpaired) electrons. The van der Waals surface area contributed by atoms with E-state index in [1.165, 1.54) is 24.3 Å². The Kier molecular flexibility index (Phi) is 5.37. The number of rotatable bonds is 4. The second-order valence-electron chi connectivity index (χ2n) is 6.15. The van der Waals surface area contributed by atoms with Crippen molar-refractivity contribution in [2.24, 2.45) is 0 Å². The van der Waals surface area contributed by atoms with E-state index in [4.69, 9.17) is 11.6 Å². The number of Topliss-reactive ketones (excluding diaryl/α,β-unsaturated/α-hetero) is 1. The zero-order chi connectivity index (χ0) is 19.6. The highest BCUT2D eigenvalue weighted by Crippen LogP contribution is 2.38. The molecule has 1 atom stereocenters. The number of urea groups is 1. The Morgan fingerprint density at radius 2 is 1.74 bits per heavy atom. The lowest BCUT2D eigenvalue weighted by Crippen LogP contribution is -2.45. The third-order valence-electron chi connectivity index (χ3n) is 4.30. The first kappa shape index (κ1) is 18.8. The van der Waals surface area contributed by atoms with Crippen molar-refractivity contribution in [1.82, 2.24) is 5.32 Å². The molecule has 1 aliphatic rings. The highest BCUT2D eigenvalue weighted by molar-refractivity contribution is 6.31. The normalized spacial score (nSPS) is 15.4. The summed E-state index contributed by atoms with van der Waals surface area (Å²) in [4.78, 5) is 51.0. The van der Waals surface area contributed by atoms with Crippen LogP contribution in [-0.4, -0.2) is 23.6 Å². The van der Waals surface area contributed by atoms with Crippen molar-refractivity contribution in [3.63, 3.8) is 0 Å². The first-order valence-electron chi connectivity index (χ1n) is 8.50. The quantitative estimate of drug-likeness (QED) is 0.815. The highest BCUT2D eigenvalue weighted by atomic mass is 35.5. The van der Waals surface area contributed by atoms with Gasteiger partial charge in [0.1, 0.15) is 11.7 Å². The summed E-state index contributed by atoms with van der Waals surface area (Å²) in [5, 5.41) is 2.65. The van der Waals surface area contributed by atoms with Gasteiger partial charge >= 0.3 is 6.03 Å². The highest BCUT2D eigenvalue weighted by Gasteiger charge is 2.44. The molecule has 27 heavy (non-hydrogen) atoms. The molecule has 1 heterocycles. The third kappa shape index (κ3) is 3.61. The number of imide groups is 2. The van der Waals surface area contributed by atoms with E-state index in [0.717, 1.165) is 4.90 Å². The fourth-order valence-electron chi connectivity index (χ4n) is 3.05. The van der Waals surface area contributed by atoms with E-state index in [2.05, 4.69) is 5.32 Å². The van der Waals surface area contributed by atoms with Gasteiger partial charge in [0.05, 0.1) is 5.69 Å². The van der Waals surface area contributed by atoms with Gasteiger partial charge in [-0.15, -0.1) is 0 Å². The van der Waals surface area contributed by atoms with E-state index in [0.29, 0.717) is 22.7 Å². The maximum atomic E-state index is 12.8. The van der Waals surface area contributed by atoms with E-state index in [1.54, 1.807) is 24.3 Å². The second kappa shape index (κ2) is 7.72. The minimum Gasteiger partial charge on any atom is -0.298 e. The molecular formula is C20H17ClN2O4. The molecule has 3 rings (SSSR count). The Labute approximate surface area is 161 Å². The molecule has 0 aromatic heterocycles. The molecule has 0 saturated carbocycles. The Hall–Kier alpha value is -2.99. The van der Waals surface area contributed by atoms with Crippen LogP contribution in [0.25, 0.3) is 0 Å². The fraction of sp³-hybridized carbons (Fsp3) is 0.200. The van der Waals surface area contributed by atoms with Crippen molar-refractivity contribution in [3.05, 3.63) is 64.7 Å². The van der Waals surface area contributed by atoms with E-state index in [1.807, 2.05) is 6.92 Å². The summed E-state index contributed by atoms with van der Waals surface area (Å²) in [6, 6.07) is 11.7. The molecule has 1 N–H and O–H groups in total. The zero-order valence-electron chi connectivity index (χ0n) is 14.6. The predicted molar refractivity (Wildman–Crippen MR) is 101 cm³/mol. The van der Waals surface area contributed by atoms with Crippen LogP contribution in [-0.2, 0) is 9.59 Å². The number of nitrogens with zero attached hydrogens (tertiary/aromatic N) is 1. The van der Waals surface area contributed by atoms with Gasteiger partial charge < -0.3 is 0 Å². The molecule has 6 nitrogen and oxygen atoms in total. The predicted octanol–water partition coefficient (Wildman–Crippen LogP) is 3.69. The summed E-state index contributed by atoms with van der Waals surface area (Å²) in [5.41, 5.74) is 1.03. The van der Waals surface area contributed by atoms with Crippen LogP contribution in [0, 0.1) is 0 Å². The number of ketones is 1. The molecule has 0 fully saturated rings. The number of hydrogen-bond acceptors (Lipinski definition) is 4. The minimum absolute atomic E-state index is 0.228. The van der Waals surface area contributed by atoms with E-state index < -0.39 is 23.8 Å². The number of carbonyl (C=O) groups is 4. The number of benzene rings is 2. The molecule has 0 bridgehead atoms. The third-order valence-corrected chi connectivity index (χ3v) is 4.56. The molecule has 7 heteroatoms. The lowest BCUT2D eigenvalue weighted by molar-refractivity contribution is -0.127. The number of halogens is 1. The van der Waals surface area contributed by atoms with Gasteiger partial charge in [-0.25, -0.2) is 9.69 Å². The summed E-state index contributed by atoms with van der Waals surface area (Å²) in [7, 11) is 0. The molecule has 2 aromatic rings. The maximum absolute atomic E-state index is 12.8. The number of carbonyl (C=O) groups excluding carboxylic acids is 4. The average molecular weight is 385 g/mol. The Balaban J connectivity index is 1.86. The molecule has 1 unspecified atom stereocenters. The molecule has 0 spiro atoms. The van der Waals surface area contributed by atoms with Crippen molar-refractivity contribution in [2.45, 2.75) is 25.7 Å². The van der Waals surface area contributed by atoms with Gasteiger partial charge in [-0.3, -0.25) is 19.7 Å². The Morgan fingerprint density at radius 3 is 2.41 bits per heavy atom. The van der Waals surface area contributed by atoms with Crippen LogP contribution >= 0.6 is 11.6 Å². The Morgan fingerprint density at radius 1 is 1.07 bits per heavy atom. The number of anilines is 1. The van der Waals surface area contributed by atoms with Gasteiger partial charge in [-0.1, -0.05) is 36.7 Å². The van der Waals surface area contributed by atoms with E-state index >= 15 is 0 Å². The van der Waals surface area contributed by atoms with Crippen LogP contribution in [0.15, 0.2) is 48.5 Å². The smallest absolute Gasteiger partial charge is 0.298 e. The van der Waals surface area contributed by atoms with E-state index in [-0.39, 0.29) is 17.8 Å². The SMILES string of the molecule is CCCC(=O)C1C(=O)N(C(=O)NC(=O)c2ccc(Cl)cc2)c2ccccc21. The number of para-hydroxylation sites is 1. The molecule has 0 aliphatic carbocycles. The van der Waals surface area contributed by atoms with Crippen LogP contribution in [0.3, 0.4) is 0 Å². The van der Waals surface area contributed by atoms with Crippen molar-refractivity contribution in [2.75, 3.05) is 4.90 Å². The lowest BCUT2D eigenvalue weighted by atomic mass is 9.94. The van der Waals surface area contributed by atoms with Gasteiger partial charge in [-0.05, 0) is 42.3 Å². The van der Waals surface area contributed by atoms with Crippen LogP contribution in [0.4, 0.5) is 10.5 Å². The number of fused-ring (bicyclic) bond motifs is 1. The summed E-state index contributed by atoms with van der Waals surface area (Å²) in [6.07, 6.45) is 0.843. The minimum atomic E-state index is -1.02. The first-order chi connectivity index (χ1) is 12.9. The standard InChI is InChI=1S/C20H17ClN2O4/c1-2-5-16(24)17-14-6-3-4-7-15(14)23(19(17)26)20(27)22-18(25)12-8-10-13(21)11-9-12/h3-4,6-11,17H,2,5H2,1H3,(H,22,25,27). The van der Waals surface area contributed by atoms with Crippen molar-refractivity contribution in [1.29, 1.82) is 0 Å². The lowest BCUT2D eigenvalue weighted by Gasteiger charge is -2.16. The van der Waals surface area contributed by atoms with Gasteiger partial charge in [0.15, 0.2) is 0 Å². The molecule has 2 aromatic carbocycles. The number of hydrogen-bond donors (Lipinski definition) is 1. The van der Waals surface area contributed by atoms with Crippen molar-refractivity contribution < 1.29 is 19.2 Å². The van der Waals surface area contributed by atoms with Gasteiger partial charge in [0.2, 0.25) is 5.91 Å². The second-order valence-corrected chi connectivity index (χ2v) is 6.58. The summed E-state index contributed by atoms with van der Waals surface area (Å²) in [6.45, 7) is 1.85. The summed E-state index contributed by atoms with van der Waals surface area (Å²) < 4.78 is 0.